The van der Waals surface area contributed by atoms with Crippen molar-refractivity contribution in [1.82, 2.24) is 51.5 Å². The summed E-state index contributed by atoms with van der Waals surface area (Å²) in [5.74, 6) is -1.87. The molecule has 8 amide bonds. The number of fused-ring (bicyclic) bond motifs is 2. The van der Waals surface area contributed by atoms with E-state index in [1.54, 1.807) is 62.0 Å². The van der Waals surface area contributed by atoms with E-state index in [0.29, 0.717) is 38.5 Å². The average Bonchev–Trinajstić information content (AvgIpc) is 1.87. The predicted octanol–water partition coefficient (Wildman–Crippen LogP) is 7.14. The van der Waals surface area contributed by atoms with Gasteiger partial charge in [0.25, 0.3) is 0 Å². The van der Waals surface area contributed by atoms with Crippen LogP contribution in [0.2, 0.25) is 0 Å². The number of hydrogen-bond acceptors (Lipinski definition) is 12. The van der Waals surface area contributed by atoms with Crippen LogP contribution in [0.5, 0.6) is 11.5 Å². The lowest BCUT2D eigenvalue weighted by Crippen LogP contribution is -2.62. The van der Waals surface area contributed by atoms with E-state index in [4.69, 9.17) is 9.47 Å². The van der Waals surface area contributed by atoms with Gasteiger partial charge in [0.1, 0.15) is 35.7 Å². The Labute approximate surface area is 531 Å². The molecule has 0 spiro atoms. The molecule has 0 aliphatic carbocycles. The zero-order chi connectivity index (χ0) is 64.3. The second kappa shape index (κ2) is 29.0. The number of carbonyl (C=O) groups excluding carboxylic acids is 8. The van der Waals surface area contributed by atoms with Crippen LogP contribution in [-0.4, -0.2) is 156 Å². The molecule has 91 heavy (non-hydrogen) atoms. The van der Waals surface area contributed by atoms with Crippen LogP contribution < -0.4 is 41.4 Å². The van der Waals surface area contributed by atoms with E-state index in [9.17, 15) is 38.4 Å². The molecule has 10 rings (SSSR count). The number of benzene rings is 6. The van der Waals surface area contributed by atoms with E-state index in [2.05, 4.69) is 31.9 Å². The summed E-state index contributed by atoms with van der Waals surface area (Å²) >= 11 is 0. The zero-order valence-corrected chi connectivity index (χ0v) is 52.4. The summed E-state index contributed by atoms with van der Waals surface area (Å²) in [4.78, 5) is 120. The molecule has 476 valence electrons. The first-order valence-corrected chi connectivity index (χ1v) is 31.5. The number of ether oxygens (including phenoxy) is 2. The van der Waals surface area contributed by atoms with Crippen LogP contribution in [0.25, 0.3) is 0 Å². The Kier molecular flexibility index (Phi) is 20.6. The summed E-state index contributed by atoms with van der Waals surface area (Å²) in [5, 5.41) is 18.0. The van der Waals surface area contributed by atoms with Gasteiger partial charge < -0.3 is 61.0 Å². The molecule has 4 saturated heterocycles. The SMILES string of the molecule is CN[C@@H](C)C(=O)N[C@H]1CN(C(=O)Oc2ccc(C(C)(C)c3ccc(OC(=O)N4CC[C@H]5CC[C@@H](C(=O)NC(c6ccccc6)c6ccccc6)N5C(=O)[C@@H](NC(=O)[C@H](C)NC)C4)cc3)cc2)CC[C@H]2CCC(C(=O)NC(c3ccccc3)c3ccccc3)N2C1=O. The van der Waals surface area contributed by atoms with Crippen molar-refractivity contribution in [3.63, 3.8) is 0 Å². The Hall–Kier alpha value is -9.40. The molecule has 0 saturated carbocycles. The maximum absolute atomic E-state index is 14.8. The molecule has 20 heteroatoms. The third-order valence-corrected chi connectivity index (χ3v) is 18.5. The largest absolute Gasteiger partial charge is 0.415 e. The Balaban J connectivity index is 0.777. The fourth-order valence-corrected chi connectivity index (χ4v) is 12.8. The molecule has 8 atom stereocenters. The van der Waals surface area contributed by atoms with Gasteiger partial charge in [-0.15, -0.1) is 0 Å². The van der Waals surface area contributed by atoms with Gasteiger partial charge in [0, 0.05) is 30.6 Å². The van der Waals surface area contributed by atoms with Crippen molar-refractivity contribution in [3.05, 3.63) is 203 Å². The molecule has 4 fully saturated rings. The Morgan fingerprint density at radius 1 is 0.451 bits per heavy atom. The molecule has 0 aromatic heterocycles. The average molecular weight is 1240 g/mol. The number of amides is 8. The Bertz CT molecular complexity index is 3220. The minimum absolute atomic E-state index is 0.190. The zero-order valence-electron chi connectivity index (χ0n) is 52.4. The molecule has 4 aliphatic heterocycles. The lowest BCUT2D eigenvalue weighted by molar-refractivity contribution is -0.145. The third kappa shape index (κ3) is 14.9. The van der Waals surface area contributed by atoms with Crippen LogP contribution in [0.1, 0.15) is 112 Å². The molecule has 4 heterocycles. The summed E-state index contributed by atoms with van der Waals surface area (Å²) in [6.45, 7) is 7.42. The van der Waals surface area contributed by atoms with Crippen LogP contribution in [0.15, 0.2) is 170 Å². The summed E-state index contributed by atoms with van der Waals surface area (Å²) in [6, 6.07) is 45.9. The van der Waals surface area contributed by atoms with Crippen molar-refractivity contribution in [2.45, 2.75) is 132 Å². The van der Waals surface area contributed by atoms with Crippen LogP contribution in [0, 0.1) is 0 Å². The van der Waals surface area contributed by atoms with Gasteiger partial charge in [-0.2, -0.15) is 0 Å². The van der Waals surface area contributed by atoms with Gasteiger partial charge in [0.05, 0.1) is 37.3 Å². The van der Waals surface area contributed by atoms with E-state index in [-0.39, 0.29) is 61.6 Å². The van der Waals surface area contributed by atoms with Gasteiger partial charge in [-0.3, -0.25) is 28.8 Å². The number of likely N-dealkylation sites (N-methyl/N-ethyl adjacent to an activating group) is 2. The first kappa shape index (κ1) is 64.6. The van der Waals surface area contributed by atoms with E-state index >= 15 is 0 Å². The Morgan fingerprint density at radius 2 is 0.769 bits per heavy atom. The number of nitrogens with zero attached hydrogens (tertiary/aromatic N) is 4. The molecule has 1 unspecified atom stereocenters. The number of nitrogens with one attached hydrogen (secondary N) is 6. The van der Waals surface area contributed by atoms with Crippen molar-refractivity contribution in [3.8, 4) is 11.5 Å². The minimum atomic E-state index is -1.18. The molecular weight excluding hydrogens is 1150 g/mol. The van der Waals surface area contributed by atoms with Crippen LogP contribution in [0.3, 0.4) is 0 Å². The Morgan fingerprint density at radius 3 is 1.08 bits per heavy atom. The van der Waals surface area contributed by atoms with E-state index in [1.165, 1.54) is 9.80 Å². The van der Waals surface area contributed by atoms with E-state index < -0.39 is 89.6 Å². The summed E-state index contributed by atoms with van der Waals surface area (Å²) in [7, 11) is 3.27. The van der Waals surface area contributed by atoms with Gasteiger partial charge in [0.15, 0.2) is 0 Å². The highest BCUT2D eigenvalue weighted by Gasteiger charge is 2.48. The first-order chi connectivity index (χ1) is 43.9. The fourth-order valence-electron chi connectivity index (χ4n) is 12.8. The second-order valence-corrected chi connectivity index (χ2v) is 24.5. The second-order valence-electron chi connectivity index (χ2n) is 24.5. The van der Waals surface area contributed by atoms with Crippen LogP contribution in [-0.2, 0) is 34.2 Å². The molecular formula is C71H82N10O10. The maximum Gasteiger partial charge on any atom is 0.415 e. The minimum Gasteiger partial charge on any atom is -0.410 e. The van der Waals surface area contributed by atoms with Crippen LogP contribution >= 0.6 is 0 Å². The normalized spacial score (nSPS) is 20.8. The fraction of sp³-hybridized carbons (Fsp3) is 0.380. The van der Waals surface area contributed by atoms with Gasteiger partial charge in [-0.25, -0.2) is 9.59 Å². The molecule has 6 aromatic rings. The van der Waals surface area contributed by atoms with E-state index in [0.717, 1.165) is 33.4 Å². The van der Waals surface area contributed by atoms with Crippen molar-refractivity contribution in [2.75, 3.05) is 40.3 Å². The number of rotatable bonds is 18. The molecule has 0 radical (unpaired) electrons. The number of hydrogen-bond donors (Lipinski definition) is 6. The topological polar surface area (TPSA) is 240 Å². The predicted molar refractivity (Wildman–Crippen MR) is 343 cm³/mol. The van der Waals surface area contributed by atoms with Gasteiger partial charge in [-0.05, 0) is 124 Å². The van der Waals surface area contributed by atoms with Gasteiger partial charge in [-0.1, -0.05) is 159 Å². The standard InChI is InChI=1S/C71H82N10O10/c1-45(72-5)63(82)74-57-43-78(41-39-53-31-37-59(80(53)67(57)86)65(84)76-61(47-19-11-7-12-20-47)48-21-13-8-14-22-48)69(88)90-55-33-27-51(28-34-55)71(3,4)52-29-35-56(36-30-52)91-70(89)79-42-40-54-32-38-60(81(54)68(87)58(44-79)75-64(83)46(2)73-6)66(85)77-62(49-23-15-9-16-24-49)50-25-17-10-18-26-50/h7-30,33-36,45-46,53-54,57-62,72-73H,31-32,37-44H2,1-6H3,(H,74,82)(H,75,83)(H,76,84)(H,77,85)/t45-,46-,53+,54+,57-,58-,59-,60?/m0/s1. The monoisotopic (exact) mass is 1230 g/mol. The smallest absolute Gasteiger partial charge is 0.410 e. The lowest BCUT2D eigenvalue weighted by atomic mass is 9.78. The van der Waals surface area contributed by atoms with Crippen molar-refractivity contribution in [1.29, 1.82) is 0 Å². The van der Waals surface area contributed by atoms with Crippen molar-refractivity contribution >= 4 is 47.6 Å². The molecule has 6 N–H and O–H groups in total. The van der Waals surface area contributed by atoms with Crippen molar-refractivity contribution in [2.24, 2.45) is 0 Å². The van der Waals surface area contributed by atoms with Gasteiger partial charge in [0.2, 0.25) is 35.4 Å². The molecule has 0 bridgehead atoms. The molecule has 6 aromatic carbocycles. The van der Waals surface area contributed by atoms with Crippen LogP contribution in [0.4, 0.5) is 9.59 Å². The highest BCUT2D eigenvalue weighted by molar-refractivity contribution is 5.96. The highest BCUT2D eigenvalue weighted by Crippen LogP contribution is 2.36. The van der Waals surface area contributed by atoms with E-state index in [1.807, 2.05) is 159 Å². The molecule has 20 nitrogen and oxygen atoms in total. The van der Waals surface area contributed by atoms with Crippen molar-refractivity contribution < 1.29 is 47.8 Å². The highest BCUT2D eigenvalue weighted by atomic mass is 16.6. The quantitative estimate of drug-likeness (QED) is 0.0504. The number of carbonyl (C=O) groups is 8. The van der Waals surface area contributed by atoms with Gasteiger partial charge >= 0.3 is 12.2 Å². The molecule has 4 aliphatic rings. The summed E-state index contributed by atoms with van der Waals surface area (Å²) in [5.41, 5.74) is 4.73. The maximum atomic E-state index is 14.8. The lowest BCUT2D eigenvalue weighted by Gasteiger charge is -2.38. The first-order valence-electron chi connectivity index (χ1n) is 31.5. The summed E-state index contributed by atoms with van der Waals surface area (Å²) < 4.78 is 12.0. The third-order valence-electron chi connectivity index (χ3n) is 18.5. The summed E-state index contributed by atoms with van der Waals surface area (Å²) in [6.07, 6.45) is 1.22.